The van der Waals surface area contributed by atoms with E-state index in [0.29, 0.717) is 0 Å². The number of hydrogen-bond acceptors (Lipinski definition) is 3. The van der Waals surface area contributed by atoms with Gasteiger partial charge in [-0.15, -0.1) is 23.7 Å². The molecule has 0 amide bonds. The van der Waals surface area contributed by atoms with Gasteiger partial charge in [-0.3, -0.25) is 4.99 Å². The van der Waals surface area contributed by atoms with Crippen molar-refractivity contribution in [1.82, 2.24) is 5.32 Å². The fourth-order valence-electron chi connectivity index (χ4n) is 1.87. The lowest BCUT2D eigenvalue weighted by Gasteiger charge is -2.19. The molecule has 1 aliphatic rings. The van der Waals surface area contributed by atoms with E-state index in [1.54, 1.807) is 0 Å². The summed E-state index contributed by atoms with van der Waals surface area (Å²) in [5.74, 6) is 0.994. The van der Waals surface area contributed by atoms with E-state index in [9.17, 15) is 0 Å². The molecule has 0 fully saturated rings. The summed E-state index contributed by atoms with van der Waals surface area (Å²) in [5, 5.41) is 3.15. The van der Waals surface area contributed by atoms with Crippen LogP contribution in [-0.2, 0) is 0 Å². The van der Waals surface area contributed by atoms with Crippen LogP contribution in [0.1, 0.15) is 35.2 Å². The van der Waals surface area contributed by atoms with Gasteiger partial charge in [0, 0.05) is 16.0 Å². The molecule has 0 aromatic carbocycles. The SMILES string of the molecule is CC1=CNC(C)=NC1c1cc(C)sc1C.Cl. The first kappa shape index (κ1) is 13.3. The van der Waals surface area contributed by atoms with Gasteiger partial charge in [-0.1, -0.05) is 0 Å². The second-order valence-corrected chi connectivity index (χ2v) is 5.48. The van der Waals surface area contributed by atoms with Crippen molar-refractivity contribution in [2.45, 2.75) is 33.7 Å². The van der Waals surface area contributed by atoms with Gasteiger partial charge >= 0.3 is 0 Å². The van der Waals surface area contributed by atoms with Crippen molar-refractivity contribution in [2.75, 3.05) is 0 Å². The highest BCUT2D eigenvalue weighted by molar-refractivity contribution is 7.12. The third kappa shape index (κ3) is 2.47. The molecule has 2 rings (SSSR count). The summed E-state index contributed by atoms with van der Waals surface area (Å²) >= 11 is 1.85. The number of nitrogens with one attached hydrogen (secondary N) is 1. The molecule has 1 atom stereocenters. The minimum atomic E-state index is 0. The van der Waals surface area contributed by atoms with Gasteiger partial charge in [0.1, 0.15) is 6.04 Å². The largest absolute Gasteiger partial charge is 0.351 e. The Hall–Kier alpha value is -0.800. The van der Waals surface area contributed by atoms with Gasteiger partial charge in [-0.2, -0.15) is 0 Å². The van der Waals surface area contributed by atoms with E-state index in [1.165, 1.54) is 20.9 Å². The standard InChI is InChI=1S/C12H16N2S.ClH/c1-7-6-13-10(4)14-12(7)11-5-8(2)15-9(11)3;/h5-6,12H,1-4H3,(H,13,14);1H. The summed E-state index contributed by atoms with van der Waals surface area (Å²) in [6.07, 6.45) is 2.06. The quantitative estimate of drug-likeness (QED) is 0.813. The zero-order chi connectivity index (χ0) is 11.0. The lowest BCUT2D eigenvalue weighted by molar-refractivity contribution is 0.805. The van der Waals surface area contributed by atoms with E-state index >= 15 is 0 Å². The first-order valence-corrected chi connectivity index (χ1v) is 5.94. The molecule has 2 heterocycles. The molecule has 0 bridgehead atoms. The number of aryl methyl sites for hydroxylation is 2. The summed E-state index contributed by atoms with van der Waals surface area (Å²) in [7, 11) is 0. The molecule has 16 heavy (non-hydrogen) atoms. The molecular formula is C12H17ClN2S. The van der Waals surface area contributed by atoms with Crippen LogP contribution in [0.5, 0.6) is 0 Å². The van der Waals surface area contributed by atoms with Gasteiger partial charge in [0.15, 0.2) is 0 Å². The van der Waals surface area contributed by atoms with Crippen molar-refractivity contribution in [3.05, 3.63) is 33.2 Å². The molecule has 1 aliphatic heterocycles. The predicted octanol–water partition coefficient (Wildman–Crippen LogP) is 3.75. The normalized spacial score (nSPS) is 19.4. The Morgan fingerprint density at radius 3 is 2.50 bits per heavy atom. The van der Waals surface area contributed by atoms with Crippen molar-refractivity contribution < 1.29 is 0 Å². The van der Waals surface area contributed by atoms with Crippen molar-refractivity contribution >= 4 is 29.6 Å². The molecule has 0 saturated heterocycles. The second-order valence-electron chi connectivity index (χ2n) is 4.02. The zero-order valence-corrected chi connectivity index (χ0v) is 11.6. The van der Waals surface area contributed by atoms with Gasteiger partial charge in [-0.25, -0.2) is 0 Å². The fraction of sp³-hybridized carbons (Fsp3) is 0.417. The lowest BCUT2D eigenvalue weighted by Crippen LogP contribution is -2.21. The summed E-state index contributed by atoms with van der Waals surface area (Å²) in [6, 6.07) is 2.47. The first-order chi connectivity index (χ1) is 7.08. The molecule has 1 aromatic heterocycles. The van der Waals surface area contributed by atoms with Crippen molar-refractivity contribution in [1.29, 1.82) is 0 Å². The maximum Gasteiger partial charge on any atom is 0.100 e. The van der Waals surface area contributed by atoms with Crippen molar-refractivity contribution in [2.24, 2.45) is 4.99 Å². The van der Waals surface area contributed by atoms with Crippen LogP contribution in [0.3, 0.4) is 0 Å². The average molecular weight is 257 g/mol. The van der Waals surface area contributed by atoms with Gasteiger partial charge < -0.3 is 5.32 Å². The van der Waals surface area contributed by atoms with Gasteiger partial charge in [0.2, 0.25) is 0 Å². The fourth-order valence-corrected chi connectivity index (χ4v) is 2.82. The molecule has 1 aromatic rings. The highest BCUT2D eigenvalue weighted by Gasteiger charge is 2.19. The van der Waals surface area contributed by atoms with E-state index in [2.05, 4.69) is 43.3 Å². The number of thiophene rings is 1. The number of nitrogens with zero attached hydrogens (tertiary/aromatic N) is 1. The highest BCUT2D eigenvalue weighted by Crippen LogP contribution is 2.34. The minimum Gasteiger partial charge on any atom is -0.351 e. The van der Waals surface area contributed by atoms with Crippen LogP contribution in [0.4, 0.5) is 0 Å². The predicted molar refractivity (Wildman–Crippen MR) is 73.8 cm³/mol. The van der Waals surface area contributed by atoms with Crippen LogP contribution in [0.25, 0.3) is 0 Å². The molecule has 2 nitrogen and oxygen atoms in total. The Bertz CT molecular complexity index is 446. The van der Waals surface area contributed by atoms with E-state index in [0.717, 1.165) is 5.84 Å². The second kappa shape index (κ2) is 5.02. The lowest BCUT2D eigenvalue weighted by atomic mass is 10.0. The maximum absolute atomic E-state index is 4.65. The molecule has 1 unspecified atom stereocenters. The summed E-state index contributed by atoms with van der Waals surface area (Å²) in [4.78, 5) is 7.39. The molecule has 0 aliphatic carbocycles. The van der Waals surface area contributed by atoms with Gasteiger partial charge in [0.25, 0.3) is 0 Å². The Labute approximate surface area is 107 Å². The number of rotatable bonds is 1. The van der Waals surface area contributed by atoms with Crippen LogP contribution in [0.2, 0.25) is 0 Å². The van der Waals surface area contributed by atoms with Crippen LogP contribution in [-0.4, -0.2) is 5.84 Å². The Balaban J connectivity index is 0.00000128. The van der Waals surface area contributed by atoms with Crippen molar-refractivity contribution in [3.63, 3.8) is 0 Å². The Kier molecular flexibility index (Phi) is 4.16. The van der Waals surface area contributed by atoms with Crippen LogP contribution < -0.4 is 5.32 Å². The Morgan fingerprint density at radius 1 is 1.25 bits per heavy atom. The van der Waals surface area contributed by atoms with E-state index in [1.807, 2.05) is 18.3 Å². The molecule has 0 saturated carbocycles. The average Bonchev–Trinajstić information content (AvgIpc) is 2.50. The topological polar surface area (TPSA) is 24.4 Å². The number of hydrogen-bond donors (Lipinski definition) is 1. The van der Waals surface area contributed by atoms with Crippen LogP contribution >= 0.6 is 23.7 Å². The summed E-state index contributed by atoms with van der Waals surface area (Å²) in [6.45, 7) is 8.45. The molecule has 4 heteroatoms. The van der Waals surface area contributed by atoms with E-state index in [4.69, 9.17) is 0 Å². The molecule has 0 radical (unpaired) electrons. The van der Waals surface area contributed by atoms with Crippen LogP contribution in [0, 0.1) is 13.8 Å². The number of aliphatic imine (C=N–C) groups is 1. The van der Waals surface area contributed by atoms with Gasteiger partial charge in [0.05, 0.1) is 5.84 Å². The van der Waals surface area contributed by atoms with Crippen molar-refractivity contribution in [3.8, 4) is 0 Å². The molecular weight excluding hydrogens is 240 g/mol. The minimum absolute atomic E-state index is 0. The number of amidine groups is 1. The number of halogens is 1. The van der Waals surface area contributed by atoms with Crippen LogP contribution in [0.15, 0.2) is 22.8 Å². The molecule has 88 valence electrons. The smallest absolute Gasteiger partial charge is 0.100 e. The third-order valence-electron chi connectivity index (χ3n) is 2.64. The maximum atomic E-state index is 4.65. The monoisotopic (exact) mass is 256 g/mol. The molecule has 1 N–H and O–H groups in total. The Morgan fingerprint density at radius 2 is 1.94 bits per heavy atom. The first-order valence-electron chi connectivity index (χ1n) is 5.12. The van der Waals surface area contributed by atoms with E-state index < -0.39 is 0 Å². The molecule has 0 spiro atoms. The summed E-state index contributed by atoms with van der Waals surface area (Å²) < 4.78 is 0. The third-order valence-corrected chi connectivity index (χ3v) is 3.62. The summed E-state index contributed by atoms with van der Waals surface area (Å²) in [5.41, 5.74) is 2.63. The van der Waals surface area contributed by atoms with E-state index in [-0.39, 0.29) is 18.4 Å². The highest BCUT2D eigenvalue weighted by atomic mass is 35.5. The zero-order valence-electron chi connectivity index (χ0n) is 10.00. The van der Waals surface area contributed by atoms with Gasteiger partial charge in [-0.05, 0) is 44.9 Å².